The lowest BCUT2D eigenvalue weighted by Gasteiger charge is -2.36. The zero-order chi connectivity index (χ0) is 8.43. The molecule has 0 amide bonds. The second kappa shape index (κ2) is 3.13. The summed E-state index contributed by atoms with van der Waals surface area (Å²) >= 11 is 0. The maximum atomic E-state index is 5.80. The van der Waals surface area contributed by atoms with Crippen LogP contribution in [0.3, 0.4) is 0 Å². The molecule has 1 rings (SSSR count). The van der Waals surface area contributed by atoms with Crippen molar-refractivity contribution in [2.24, 2.45) is 5.73 Å². The molecule has 0 bridgehead atoms. The first-order valence-electron chi connectivity index (χ1n) is 4.02. The standard InChI is InChI=1S/C8H17N3/c1-7(2)11-6-10(3)5-4-8(11)9/h4,7H,5-6,9H2,1-3H3. The molecule has 0 saturated carbocycles. The minimum atomic E-state index is 0.494. The van der Waals surface area contributed by atoms with Gasteiger partial charge in [0, 0.05) is 12.6 Å². The van der Waals surface area contributed by atoms with E-state index in [1.807, 2.05) is 0 Å². The number of nitrogens with two attached hydrogens (primary N) is 1. The number of nitrogens with zero attached hydrogens (tertiary/aromatic N) is 2. The molecule has 0 aromatic rings. The highest BCUT2D eigenvalue weighted by Crippen LogP contribution is 2.09. The van der Waals surface area contributed by atoms with Gasteiger partial charge in [0.15, 0.2) is 0 Å². The van der Waals surface area contributed by atoms with E-state index in [1.54, 1.807) is 0 Å². The molecule has 2 N–H and O–H groups in total. The average molecular weight is 155 g/mol. The summed E-state index contributed by atoms with van der Waals surface area (Å²) in [6.07, 6.45) is 2.06. The highest BCUT2D eigenvalue weighted by Gasteiger charge is 2.16. The molecule has 0 aromatic heterocycles. The predicted octanol–water partition coefficient (Wildman–Crippen LogP) is 0.400. The highest BCUT2D eigenvalue weighted by atomic mass is 15.4. The van der Waals surface area contributed by atoms with Gasteiger partial charge in [-0.15, -0.1) is 0 Å². The van der Waals surface area contributed by atoms with Gasteiger partial charge < -0.3 is 10.6 Å². The van der Waals surface area contributed by atoms with E-state index in [0.29, 0.717) is 6.04 Å². The molecular weight excluding hydrogens is 138 g/mol. The van der Waals surface area contributed by atoms with Crippen LogP contribution in [0.2, 0.25) is 0 Å². The molecule has 0 saturated heterocycles. The Morgan fingerprint density at radius 3 is 2.64 bits per heavy atom. The van der Waals surface area contributed by atoms with E-state index >= 15 is 0 Å². The quantitative estimate of drug-likeness (QED) is 0.595. The summed E-state index contributed by atoms with van der Waals surface area (Å²) in [4.78, 5) is 4.42. The average Bonchev–Trinajstić information content (AvgIpc) is 1.94. The molecule has 0 aliphatic carbocycles. The Morgan fingerprint density at radius 1 is 1.55 bits per heavy atom. The fourth-order valence-electron chi connectivity index (χ4n) is 1.23. The van der Waals surface area contributed by atoms with Gasteiger partial charge >= 0.3 is 0 Å². The van der Waals surface area contributed by atoms with Gasteiger partial charge in [-0.3, -0.25) is 4.90 Å². The zero-order valence-corrected chi connectivity index (χ0v) is 7.54. The second-order valence-electron chi connectivity index (χ2n) is 3.37. The van der Waals surface area contributed by atoms with Crippen LogP contribution in [0.15, 0.2) is 11.9 Å². The van der Waals surface area contributed by atoms with Gasteiger partial charge in [0.1, 0.15) is 0 Å². The third kappa shape index (κ3) is 1.87. The maximum absolute atomic E-state index is 5.80. The van der Waals surface area contributed by atoms with Crippen LogP contribution in [0, 0.1) is 0 Å². The van der Waals surface area contributed by atoms with Crippen molar-refractivity contribution in [1.82, 2.24) is 9.80 Å². The molecule has 1 aliphatic heterocycles. The van der Waals surface area contributed by atoms with Crippen molar-refractivity contribution in [3.05, 3.63) is 11.9 Å². The lowest BCUT2D eigenvalue weighted by molar-refractivity contribution is 0.151. The Hall–Kier alpha value is -0.700. The van der Waals surface area contributed by atoms with E-state index in [2.05, 4.69) is 36.8 Å². The lowest BCUT2D eigenvalue weighted by atomic mass is 10.3. The van der Waals surface area contributed by atoms with Gasteiger partial charge in [-0.05, 0) is 27.0 Å². The minimum Gasteiger partial charge on any atom is -0.386 e. The molecular formula is C8H17N3. The second-order valence-corrected chi connectivity index (χ2v) is 3.37. The maximum Gasteiger partial charge on any atom is 0.0971 e. The monoisotopic (exact) mass is 155 g/mol. The van der Waals surface area contributed by atoms with E-state index in [4.69, 9.17) is 5.73 Å². The zero-order valence-electron chi connectivity index (χ0n) is 7.54. The van der Waals surface area contributed by atoms with Crippen molar-refractivity contribution in [1.29, 1.82) is 0 Å². The molecule has 11 heavy (non-hydrogen) atoms. The molecule has 3 heteroatoms. The third-order valence-electron chi connectivity index (χ3n) is 1.96. The van der Waals surface area contributed by atoms with Gasteiger partial charge in [0.05, 0.1) is 12.5 Å². The SMILES string of the molecule is CC(C)N1CN(C)CC=C1N. The Balaban J connectivity index is 2.64. The van der Waals surface area contributed by atoms with Crippen LogP contribution in [0.4, 0.5) is 0 Å². The van der Waals surface area contributed by atoms with E-state index in [9.17, 15) is 0 Å². The molecule has 0 fully saturated rings. The van der Waals surface area contributed by atoms with Crippen molar-refractivity contribution in [2.75, 3.05) is 20.3 Å². The van der Waals surface area contributed by atoms with E-state index in [-0.39, 0.29) is 0 Å². The van der Waals surface area contributed by atoms with Crippen molar-refractivity contribution in [3.8, 4) is 0 Å². The Labute approximate surface area is 68.5 Å². The Bertz CT molecular complexity index is 163. The molecule has 0 unspecified atom stereocenters. The summed E-state index contributed by atoms with van der Waals surface area (Å²) in [7, 11) is 2.10. The van der Waals surface area contributed by atoms with Crippen molar-refractivity contribution in [3.63, 3.8) is 0 Å². The van der Waals surface area contributed by atoms with Crippen molar-refractivity contribution < 1.29 is 0 Å². The fourth-order valence-corrected chi connectivity index (χ4v) is 1.23. The van der Waals surface area contributed by atoms with Gasteiger partial charge in [-0.25, -0.2) is 0 Å². The summed E-state index contributed by atoms with van der Waals surface area (Å²) in [5.74, 6) is 0.915. The first kappa shape index (κ1) is 8.40. The normalized spacial score (nSPS) is 20.7. The number of likely N-dealkylation sites (N-methyl/N-ethyl adjacent to an activating group) is 1. The van der Waals surface area contributed by atoms with Crippen LogP contribution in [-0.2, 0) is 0 Å². The topological polar surface area (TPSA) is 32.5 Å². The summed E-state index contributed by atoms with van der Waals surface area (Å²) in [5.41, 5.74) is 5.80. The molecule has 0 aromatic carbocycles. The summed E-state index contributed by atoms with van der Waals surface area (Å²) < 4.78 is 0. The van der Waals surface area contributed by atoms with Gasteiger partial charge in [0.25, 0.3) is 0 Å². The van der Waals surface area contributed by atoms with Gasteiger partial charge in [0.2, 0.25) is 0 Å². The highest BCUT2D eigenvalue weighted by molar-refractivity contribution is 5.01. The van der Waals surface area contributed by atoms with Crippen LogP contribution >= 0.6 is 0 Å². The number of hydrogen-bond donors (Lipinski definition) is 1. The van der Waals surface area contributed by atoms with Crippen LogP contribution < -0.4 is 5.73 Å². The Kier molecular flexibility index (Phi) is 2.39. The lowest BCUT2D eigenvalue weighted by Crippen LogP contribution is -2.45. The summed E-state index contributed by atoms with van der Waals surface area (Å²) in [5, 5.41) is 0. The molecule has 0 radical (unpaired) electrons. The van der Waals surface area contributed by atoms with Crippen LogP contribution in [-0.4, -0.2) is 36.1 Å². The first-order valence-corrected chi connectivity index (χ1v) is 4.02. The first-order chi connectivity index (χ1) is 5.11. The van der Waals surface area contributed by atoms with Crippen LogP contribution in [0.5, 0.6) is 0 Å². The number of rotatable bonds is 1. The molecule has 0 spiro atoms. The molecule has 0 atom stereocenters. The van der Waals surface area contributed by atoms with E-state index in [0.717, 1.165) is 19.0 Å². The largest absolute Gasteiger partial charge is 0.386 e. The van der Waals surface area contributed by atoms with Crippen molar-refractivity contribution in [2.45, 2.75) is 19.9 Å². The smallest absolute Gasteiger partial charge is 0.0971 e. The van der Waals surface area contributed by atoms with E-state index in [1.165, 1.54) is 0 Å². The molecule has 64 valence electrons. The molecule has 1 heterocycles. The third-order valence-corrected chi connectivity index (χ3v) is 1.96. The van der Waals surface area contributed by atoms with E-state index < -0.39 is 0 Å². The summed E-state index contributed by atoms with van der Waals surface area (Å²) in [6, 6.07) is 0.494. The van der Waals surface area contributed by atoms with Gasteiger partial charge in [-0.2, -0.15) is 0 Å². The minimum absolute atomic E-state index is 0.494. The predicted molar refractivity (Wildman–Crippen MR) is 46.7 cm³/mol. The van der Waals surface area contributed by atoms with Crippen molar-refractivity contribution >= 4 is 0 Å². The van der Waals surface area contributed by atoms with Crippen LogP contribution in [0.25, 0.3) is 0 Å². The Morgan fingerprint density at radius 2 is 2.18 bits per heavy atom. The molecule has 1 aliphatic rings. The summed E-state index contributed by atoms with van der Waals surface area (Å²) in [6.45, 7) is 6.22. The van der Waals surface area contributed by atoms with Crippen LogP contribution in [0.1, 0.15) is 13.8 Å². The molecule has 3 nitrogen and oxygen atoms in total. The van der Waals surface area contributed by atoms with Gasteiger partial charge in [-0.1, -0.05) is 0 Å². The fraction of sp³-hybridized carbons (Fsp3) is 0.750. The number of hydrogen-bond acceptors (Lipinski definition) is 3.